The highest BCUT2D eigenvalue weighted by Crippen LogP contribution is 2.17. The van der Waals surface area contributed by atoms with Crippen molar-refractivity contribution in [1.29, 1.82) is 0 Å². The van der Waals surface area contributed by atoms with Crippen molar-refractivity contribution in [3.63, 3.8) is 0 Å². The lowest BCUT2D eigenvalue weighted by atomic mass is 10.2. The van der Waals surface area contributed by atoms with Crippen molar-refractivity contribution in [2.45, 2.75) is 65.1 Å². The normalized spacial score (nSPS) is 17.4. The lowest BCUT2D eigenvalue weighted by molar-refractivity contribution is 0.232. The minimum Gasteiger partial charge on any atom is -0.335 e. The lowest BCUT2D eigenvalue weighted by Crippen LogP contribution is -2.45. The van der Waals surface area contributed by atoms with Gasteiger partial charge in [0, 0.05) is 17.8 Å². The summed E-state index contributed by atoms with van der Waals surface area (Å²) in [6.07, 6.45) is 4.68. The Bertz CT molecular complexity index is 435. The predicted octanol–water partition coefficient (Wildman–Crippen LogP) is 2.13. The van der Waals surface area contributed by atoms with E-state index in [2.05, 4.69) is 15.7 Å². The predicted molar refractivity (Wildman–Crippen MR) is 75.1 cm³/mol. The topological polar surface area (TPSA) is 59.0 Å². The van der Waals surface area contributed by atoms with Crippen LogP contribution in [-0.4, -0.2) is 27.9 Å². The highest BCUT2D eigenvalue weighted by Gasteiger charge is 2.18. The third-order valence-corrected chi connectivity index (χ3v) is 3.62. The molecule has 1 atom stereocenters. The Kier molecular flexibility index (Phi) is 4.45. The average molecular weight is 264 g/mol. The van der Waals surface area contributed by atoms with Crippen LogP contribution in [0, 0.1) is 13.8 Å². The summed E-state index contributed by atoms with van der Waals surface area (Å²) in [5, 5.41) is 10.4. The minimum atomic E-state index is -0.0547. The van der Waals surface area contributed by atoms with Crippen molar-refractivity contribution in [2.24, 2.45) is 0 Å². The standard InChI is InChI=1S/C14H24N4O/c1-10-8-12(3)18(17-10)9-11(2)15-14(19)16-13-6-4-5-7-13/h8,11,13H,4-7,9H2,1-3H3,(H2,15,16,19). The molecule has 1 aromatic heterocycles. The van der Waals surface area contributed by atoms with Gasteiger partial charge in [0.05, 0.1) is 12.2 Å². The fourth-order valence-corrected chi connectivity index (χ4v) is 2.69. The summed E-state index contributed by atoms with van der Waals surface area (Å²) < 4.78 is 1.94. The van der Waals surface area contributed by atoms with Gasteiger partial charge in [-0.05, 0) is 39.7 Å². The second kappa shape index (κ2) is 6.08. The molecule has 0 saturated heterocycles. The molecule has 106 valence electrons. The van der Waals surface area contributed by atoms with Crippen molar-refractivity contribution in [3.8, 4) is 0 Å². The van der Waals surface area contributed by atoms with Gasteiger partial charge in [0.25, 0.3) is 0 Å². The number of aromatic nitrogens is 2. The Labute approximate surface area is 114 Å². The zero-order valence-corrected chi connectivity index (χ0v) is 12.1. The highest BCUT2D eigenvalue weighted by atomic mass is 16.2. The number of amides is 2. The van der Waals surface area contributed by atoms with Crippen molar-refractivity contribution in [2.75, 3.05) is 0 Å². The van der Waals surface area contributed by atoms with Crippen molar-refractivity contribution in [1.82, 2.24) is 20.4 Å². The second-order valence-corrected chi connectivity index (χ2v) is 5.61. The van der Waals surface area contributed by atoms with E-state index < -0.39 is 0 Å². The fraction of sp³-hybridized carbons (Fsp3) is 0.714. The molecule has 1 fully saturated rings. The van der Waals surface area contributed by atoms with Gasteiger partial charge in [-0.25, -0.2) is 4.79 Å². The van der Waals surface area contributed by atoms with Gasteiger partial charge < -0.3 is 10.6 Å². The van der Waals surface area contributed by atoms with Gasteiger partial charge in [0.2, 0.25) is 0 Å². The number of nitrogens with one attached hydrogen (secondary N) is 2. The summed E-state index contributed by atoms with van der Waals surface area (Å²) in [5.41, 5.74) is 2.14. The molecule has 0 aromatic carbocycles. The van der Waals surface area contributed by atoms with Crippen LogP contribution >= 0.6 is 0 Å². The maximum atomic E-state index is 11.8. The third kappa shape index (κ3) is 3.98. The number of hydrogen-bond donors (Lipinski definition) is 2. The summed E-state index contributed by atoms with van der Waals surface area (Å²) in [4.78, 5) is 11.8. The van der Waals surface area contributed by atoms with E-state index in [1.54, 1.807) is 0 Å². The van der Waals surface area contributed by atoms with Crippen LogP contribution < -0.4 is 10.6 Å². The first-order valence-corrected chi connectivity index (χ1v) is 7.12. The van der Waals surface area contributed by atoms with E-state index in [1.165, 1.54) is 12.8 Å². The molecule has 5 nitrogen and oxygen atoms in total. The maximum absolute atomic E-state index is 11.8. The SMILES string of the molecule is Cc1cc(C)n(CC(C)NC(=O)NC2CCCC2)n1. The Morgan fingerprint density at radius 3 is 2.74 bits per heavy atom. The molecule has 0 radical (unpaired) electrons. The van der Waals surface area contributed by atoms with Gasteiger partial charge in [0.15, 0.2) is 0 Å². The molecule has 1 aliphatic carbocycles. The van der Waals surface area contributed by atoms with Gasteiger partial charge in [0.1, 0.15) is 0 Å². The molecule has 1 aromatic rings. The van der Waals surface area contributed by atoms with Crippen LogP contribution in [0.5, 0.6) is 0 Å². The van der Waals surface area contributed by atoms with E-state index in [0.29, 0.717) is 12.6 Å². The maximum Gasteiger partial charge on any atom is 0.315 e. The van der Waals surface area contributed by atoms with Gasteiger partial charge in [-0.3, -0.25) is 4.68 Å². The highest BCUT2D eigenvalue weighted by molar-refractivity contribution is 5.74. The van der Waals surface area contributed by atoms with Crippen LogP contribution in [0.1, 0.15) is 44.0 Å². The van der Waals surface area contributed by atoms with Crippen LogP contribution in [-0.2, 0) is 6.54 Å². The van der Waals surface area contributed by atoms with Gasteiger partial charge >= 0.3 is 6.03 Å². The third-order valence-electron chi connectivity index (χ3n) is 3.62. The number of nitrogens with zero attached hydrogens (tertiary/aromatic N) is 2. The Morgan fingerprint density at radius 2 is 2.16 bits per heavy atom. The van der Waals surface area contributed by atoms with E-state index in [0.717, 1.165) is 24.2 Å². The molecule has 0 aliphatic heterocycles. The monoisotopic (exact) mass is 264 g/mol. The Balaban J connectivity index is 1.78. The van der Waals surface area contributed by atoms with Crippen molar-refractivity contribution >= 4 is 6.03 Å². The minimum absolute atomic E-state index is 0.0547. The second-order valence-electron chi connectivity index (χ2n) is 5.61. The molecule has 0 spiro atoms. The van der Waals surface area contributed by atoms with E-state index >= 15 is 0 Å². The average Bonchev–Trinajstić information content (AvgIpc) is 2.89. The summed E-state index contributed by atoms with van der Waals surface area (Å²) in [7, 11) is 0. The van der Waals surface area contributed by atoms with E-state index in [-0.39, 0.29) is 12.1 Å². The molecule has 2 amide bonds. The van der Waals surface area contributed by atoms with Gasteiger partial charge in [-0.2, -0.15) is 5.10 Å². The summed E-state index contributed by atoms with van der Waals surface area (Å²) in [5.74, 6) is 0. The summed E-state index contributed by atoms with van der Waals surface area (Å²) in [6.45, 7) is 6.72. The largest absolute Gasteiger partial charge is 0.335 e. The van der Waals surface area contributed by atoms with Crippen LogP contribution in [0.2, 0.25) is 0 Å². The number of hydrogen-bond acceptors (Lipinski definition) is 2. The van der Waals surface area contributed by atoms with Crippen LogP contribution in [0.25, 0.3) is 0 Å². The first-order valence-electron chi connectivity index (χ1n) is 7.12. The van der Waals surface area contributed by atoms with Crippen molar-refractivity contribution in [3.05, 3.63) is 17.5 Å². The van der Waals surface area contributed by atoms with Gasteiger partial charge in [-0.1, -0.05) is 12.8 Å². The molecular weight excluding hydrogens is 240 g/mol. The van der Waals surface area contributed by atoms with E-state index in [4.69, 9.17) is 0 Å². The quantitative estimate of drug-likeness (QED) is 0.875. The fourth-order valence-electron chi connectivity index (χ4n) is 2.69. The lowest BCUT2D eigenvalue weighted by Gasteiger charge is -2.18. The molecule has 2 rings (SSSR count). The first kappa shape index (κ1) is 13.9. The summed E-state index contributed by atoms with van der Waals surface area (Å²) in [6, 6.07) is 2.42. The van der Waals surface area contributed by atoms with Crippen LogP contribution in [0.3, 0.4) is 0 Å². The molecule has 19 heavy (non-hydrogen) atoms. The number of aryl methyl sites for hydroxylation is 2. The molecule has 2 N–H and O–H groups in total. The van der Waals surface area contributed by atoms with Gasteiger partial charge in [-0.15, -0.1) is 0 Å². The molecule has 5 heteroatoms. The number of carbonyl (C=O) groups is 1. The molecule has 1 aliphatic rings. The molecular formula is C14H24N4O. The molecule has 1 heterocycles. The molecule has 1 unspecified atom stereocenters. The zero-order chi connectivity index (χ0) is 13.8. The van der Waals surface area contributed by atoms with Crippen LogP contribution in [0.4, 0.5) is 4.79 Å². The van der Waals surface area contributed by atoms with E-state index in [9.17, 15) is 4.79 Å². The van der Waals surface area contributed by atoms with Crippen LogP contribution in [0.15, 0.2) is 6.07 Å². The first-order chi connectivity index (χ1) is 9.04. The zero-order valence-electron chi connectivity index (χ0n) is 12.1. The number of urea groups is 1. The Hall–Kier alpha value is -1.52. The molecule has 0 bridgehead atoms. The van der Waals surface area contributed by atoms with Crippen molar-refractivity contribution < 1.29 is 4.79 Å². The smallest absolute Gasteiger partial charge is 0.315 e. The number of carbonyl (C=O) groups excluding carboxylic acids is 1. The Morgan fingerprint density at radius 1 is 1.47 bits per heavy atom. The summed E-state index contributed by atoms with van der Waals surface area (Å²) >= 11 is 0. The van der Waals surface area contributed by atoms with E-state index in [1.807, 2.05) is 31.5 Å². The number of rotatable bonds is 4. The molecule has 1 saturated carbocycles.